The van der Waals surface area contributed by atoms with Gasteiger partial charge in [-0.2, -0.15) is 0 Å². The van der Waals surface area contributed by atoms with E-state index in [1.54, 1.807) is 0 Å². The normalized spacial score (nSPS) is 22.1. The van der Waals surface area contributed by atoms with Crippen molar-refractivity contribution in [3.8, 4) is 5.75 Å². The van der Waals surface area contributed by atoms with Crippen molar-refractivity contribution in [3.05, 3.63) is 28.7 Å². The summed E-state index contributed by atoms with van der Waals surface area (Å²) in [5.74, 6) is 1.34. The van der Waals surface area contributed by atoms with Crippen LogP contribution in [-0.4, -0.2) is 42.4 Å². The lowest BCUT2D eigenvalue weighted by Gasteiger charge is -2.17. The number of nitrogens with zero attached hydrogens (tertiary/aromatic N) is 1. The van der Waals surface area contributed by atoms with E-state index < -0.39 is 0 Å². The second-order valence-corrected chi connectivity index (χ2v) is 5.81. The SMILES string of the molecule is CC(O)C1CCN(CCOc2ccc(Br)cc2)C1. The van der Waals surface area contributed by atoms with Crippen molar-refractivity contribution in [2.75, 3.05) is 26.2 Å². The third-order valence-corrected chi connectivity index (χ3v) is 4.01. The van der Waals surface area contributed by atoms with E-state index in [0.717, 1.165) is 36.3 Å². The van der Waals surface area contributed by atoms with Crippen LogP contribution in [0.1, 0.15) is 13.3 Å². The van der Waals surface area contributed by atoms with Gasteiger partial charge in [-0.1, -0.05) is 15.9 Å². The average molecular weight is 314 g/mol. The molecule has 2 unspecified atom stereocenters. The summed E-state index contributed by atoms with van der Waals surface area (Å²) in [7, 11) is 0. The molecule has 0 aliphatic carbocycles. The quantitative estimate of drug-likeness (QED) is 0.906. The Hall–Kier alpha value is -0.580. The maximum atomic E-state index is 9.54. The number of benzene rings is 1. The third-order valence-electron chi connectivity index (χ3n) is 3.48. The molecule has 1 N–H and O–H groups in total. The van der Waals surface area contributed by atoms with Gasteiger partial charge in [-0.25, -0.2) is 0 Å². The lowest BCUT2D eigenvalue weighted by atomic mass is 10.0. The number of halogens is 1. The largest absolute Gasteiger partial charge is 0.492 e. The summed E-state index contributed by atoms with van der Waals surface area (Å²) < 4.78 is 6.76. The van der Waals surface area contributed by atoms with E-state index in [-0.39, 0.29) is 6.10 Å². The van der Waals surface area contributed by atoms with E-state index in [1.807, 2.05) is 31.2 Å². The fourth-order valence-corrected chi connectivity index (χ4v) is 2.55. The Morgan fingerprint density at radius 1 is 1.44 bits per heavy atom. The minimum Gasteiger partial charge on any atom is -0.492 e. The number of hydrogen-bond acceptors (Lipinski definition) is 3. The molecule has 4 heteroatoms. The topological polar surface area (TPSA) is 32.7 Å². The Kier molecular flexibility index (Phi) is 5.03. The first-order valence-corrected chi connectivity index (χ1v) is 7.23. The van der Waals surface area contributed by atoms with Gasteiger partial charge < -0.3 is 9.84 Å². The van der Waals surface area contributed by atoms with Gasteiger partial charge in [0.2, 0.25) is 0 Å². The Bertz CT molecular complexity index is 367. The summed E-state index contributed by atoms with van der Waals surface area (Å²) in [5, 5.41) is 9.54. The van der Waals surface area contributed by atoms with Crippen LogP contribution in [0.2, 0.25) is 0 Å². The molecule has 0 spiro atoms. The highest BCUT2D eigenvalue weighted by Crippen LogP contribution is 2.20. The first-order chi connectivity index (χ1) is 8.65. The van der Waals surface area contributed by atoms with Crippen molar-refractivity contribution >= 4 is 15.9 Å². The minimum atomic E-state index is -0.192. The highest BCUT2D eigenvalue weighted by molar-refractivity contribution is 9.10. The number of hydrogen-bond donors (Lipinski definition) is 1. The fraction of sp³-hybridized carbons (Fsp3) is 0.571. The van der Waals surface area contributed by atoms with Crippen LogP contribution in [0.4, 0.5) is 0 Å². The smallest absolute Gasteiger partial charge is 0.119 e. The first kappa shape index (κ1) is 13.8. The highest BCUT2D eigenvalue weighted by atomic mass is 79.9. The van der Waals surface area contributed by atoms with Gasteiger partial charge in [0.25, 0.3) is 0 Å². The van der Waals surface area contributed by atoms with E-state index in [4.69, 9.17) is 4.74 Å². The second kappa shape index (κ2) is 6.55. The van der Waals surface area contributed by atoms with E-state index in [1.165, 1.54) is 0 Å². The molecule has 1 aromatic rings. The van der Waals surface area contributed by atoms with Gasteiger partial charge in [-0.05, 0) is 50.1 Å². The summed E-state index contributed by atoms with van der Waals surface area (Å²) in [5.41, 5.74) is 0. The molecule has 100 valence electrons. The summed E-state index contributed by atoms with van der Waals surface area (Å²) >= 11 is 3.40. The van der Waals surface area contributed by atoms with Crippen molar-refractivity contribution < 1.29 is 9.84 Å². The van der Waals surface area contributed by atoms with Gasteiger partial charge in [-0.15, -0.1) is 0 Å². The number of likely N-dealkylation sites (tertiary alicyclic amines) is 1. The third kappa shape index (κ3) is 3.97. The molecule has 2 rings (SSSR count). The monoisotopic (exact) mass is 313 g/mol. The summed E-state index contributed by atoms with van der Waals surface area (Å²) in [6.45, 7) is 5.57. The molecule has 1 heterocycles. The van der Waals surface area contributed by atoms with E-state index in [2.05, 4.69) is 20.8 Å². The van der Waals surface area contributed by atoms with Gasteiger partial charge in [0, 0.05) is 17.6 Å². The molecule has 2 atom stereocenters. The predicted octanol–water partition coefficient (Wildman–Crippen LogP) is 2.53. The van der Waals surface area contributed by atoms with Gasteiger partial charge >= 0.3 is 0 Å². The zero-order valence-corrected chi connectivity index (χ0v) is 12.3. The van der Waals surface area contributed by atoms with E-state index >= 15 is 0 Å². The summed E-state index contributed by atoms with van der Waals surface area (Å²) in [6.07, 6.45) is 0.901. The van der Waals surface area contributed by atoms with Gasteiger partial charge in [0.05, 0.1) is 6.10 Å². The Balaban J connectivity index is 1.68. The lowest BCUT2D eigenvalue weighted by molar-refractivity contribution is 0.125. The van der Waals surface area contributed by atoms with Crippen LogP contribution in [0.3, 0.4) is 0 Å². The molecule has 0 amide bonds. The van der Waals surface area contributed by atoms with Crippen LogP contribution in [-0.2, 0) is 0 Å². The van der Waals surface area contributed by atoms with Crippen LogP contribution >= 0.6 is 15.9 Å². The molecular formula is C14H20BrNO2. The Labute approximate surface area is 117 Å². The molecule has 0 bridgehead atoms. The van der Waals surface area contributed by atoms with Crippen molar-refractivity contribution in [3.63, 3.8) is 0 Å². The fourth-order valence-electron chi connectivity index (χ4n) is 2.28. The molecule has 1 aromatic carbocycles. The van der Waals surface area contributed by atoms with Gasteiger partial charge in [0.1, 0.15) is 12.4 Å². The summed E-state index contributed by atoms with van der Waals surface area (Å²) in [4.78, 5) is 2.36. The molecule has 1 fully saturated rings. The number of rotatable bonds is 5. The standard InChI is InChI=1S/C14H20BrNO2/c1-11(17)12-6-7-16(10-12)8-9-18-14-4-2-13(15)3-5-14/h2-5,11-12,17H,6-10H2,1H3. The molecule has 0 radical (unpaired) electrons. The first-order valence-electron chi connectivity index (χ1n) is 6.44. The Morgan fingerprint density at radius 2 is 2.17 bits per heavy atom. The van der Waals surface area contributed by atoms with Gasteiger partial charge in [0.15, 0.2) is 0 Å². The molecule has 1 saturated heterocycles. The Morgan fingerprint density at radius 3 is 2.78 bits per heavy atom. The second-order valence-electron chi connectivity index (χ2n) is 4.89. The van der Waals surface area contributed by atoms with Crippen LogP contribution in [0.25, 0.3) is 0 Å². The van der Waals surface area contributed by atoms with Crippen molar-refractivity contribution in [1.29, 1.82) is 0 Å². The average Bonchev–Trinajstić information content (AvgIpc) is 2.81. The minimum absolute atomic E-state index is 0.192. The zero-order chi connectivity index (χ0) is 13.0. The van der Waals surface area contributed by atoms with Gasteiger partial charge in [-0.3, -0.25) is 4.90 Å². The maximum absolute atomic E-state index is 9.54. The number of aliphatic hydroxyl groups is 1. The van der Waals surface area contributed by atoms with Crippen LogP contribution in [0, 0.1) is 5.92 Å². The lowest BCUT2D eigenvalue weighted by Crippen LogP contribution is -2.28. The van der Waals surface area contributed by atoms with Crippen LogP contribution in [0.15, 0.2) is 28.7 Å². The van der Waals surface area contributed by atoms with Crippen LogP contribution in [0.5, 0.6) is 5.75 Å². The van der Waals surface area contributed by atoms with E-state index in [0.29, 0.717) is 12.5 Å². The van der Waals surface area contributed by atoms with Crippen molar-refractivity contribution in [2.45, 2.75) is 19.4 Å². The number of aliphatic hydroxyl groups excluding tert-OH is 1. The highest BCUT2D eigenvalue weighted by Gasteiger charge is 2.25. The molecular weight excluding hydrogens is 294 g/mol. The maximum Gasteiger partial charge on any atom is 0.119 e. The molecule has 1 aliphatic rings. The van der Waals surface area contributed by atoms with Crippen molar-refractivity contribution in [2.24, 2.45) is 5.92 Å². The predicted molar refractivity (Wildman–Crippen MR) is 75.9 cm³/mol. The van der Waals surface area contributed by atoms with E-state index in [9.17, 15) is 5.11 Å². The molecule has 0 aromatic heterocycles. The van der Waals surface area contributed by atoms with Crippen LogP contribution < -0.4 is 4.74 Å². The zero-order valence-electron chi connectivity index (χ0n) is 10.7. The molecule has 0 saturated carbocycles. The molecule has 18 heavy (non-hydrogen) atoms. The molecule has 3 nitrogen and oxygen atoms in total. The summed E-state index contributed by atoms with van der Waals surface area (Å²) in [6, 6.07) is 7.89. The van der Waals surface area contributed by atoms with Crippen molar-refractivity contribution in [1.82, 2.24) is 4.90 Å². The number of ether oxygens (including phenoxy) is 1. The molecule has 1 aliphatic heterocycles.